The molecule has 2 heterocycles. The minimum Gasteiger partial charge on any atom is -0.342 e. The maximum atomic E-state index is 12.4. The fraction of sp³-hybridized carbons (Fsp3) is 0.789. The number of likely N-dealkylation sites (tertiary alicyclic amines) is 1. The second-order valence-electron chi connectivity index (χ2n) is 8.07. The van der Waals surface area contributed by atoms with Crippen molar-refractivity contribution in [3.63, 3.8) is 0 Å². The van der Waals surface area contributed by atoms with Gasteiger partial charge in [0.15, 0.2) is 0 Å². The van der Waals surface area contributed by atoms with Crippen molar-refractivity contribution in [1.29, 1.82) is 0 Å². The topological polar surface area (TPSA) is 75.2 Å². The number of hydrogen-bond donors (Lipinski definition) is 1. The molecule has 3 rings (SSSR count). The Morgan fingerprint density at radius 1 is 1.08 bits per heavy atom. The van der Waals surface area contributed by atoms with E-state index in [0.717, 1.165) is 18.1 Å². The fourth-order valence-electron chi connectivity index (χ4n) is 4.23. The molecule has 2 amide bonds. The molecular weight excluding hydrogens is 348 g/mol. The monoisotopic (exact) mass is 378 g/mol. The molecule has 2 unspecified atom stereocenters. The highest BCUT2D eigenvalue weighted by atomic mass is 32.1. The van der Waals surface area contributed by atoms with E-state index in [1.807, 2.05) is 4.90 Å². The van der Waals surface area contributed by atoms with Crippen LogP contribution in [0.25, 0.3) is 0 Å². The lowest BCUT2D eigenvalue weighted by atomic mass is 9.90. The first-order valence-electron chi connectivity index (χ1n) is 9.92. The molecule has 0 radical (unpaired) electrons. The molecule has 1 saturated heterocycles. The Kier molecular flexibility index (Phi) is 6.62. The van der Waals surface area contributed by atoms with Gasteiger partial charge in [-0.25, -0.2) is 0 Å². The van der Waals surface area contributed by atoms with Gasteiger partial charge in [0.05, 0.1) is 0 Å². The van der Waals surface area contributed by atoms with Crippen molar-refractivity contribution in [3.05, 3.63) is 5.01 Å². The lowest BCUT2D eigenvalue weighted by molar-refractivity contribution is -0.135. The third-order valence-electron chi connectivity index (χ3n) is 5.43. The Labute approximate surface area is 159 Å². The summed E-state index contributed by atoms with van der Waals surface area (Å²) < 4.78 is 0. The molecule has 2 fully saturated rings. The zero-order chi connectivity index (χ0) is 18.5. The number of nitrogens with one attached hydrogen (secondary N) is 1. The molecule has 7 heteroatoms. The quantitative estimate of drug-likeness (QED) is 0.845. The van der Waals surface area contributed by atoms with Crippen LogP contribution in [-0.2, 0) is 9.59 Å². The van der Waals surface area contributed by atoms with Gasteiger partial charge in [0.2, 0.25) is 16.9 Å². The molecule has 1 aliphatic carbocycles. The van der Waals surface area contributed by atoms with Gasteiger partial charge in [-0.15, -0.1) is 10.2 Å². The largest absolute Gasteiger partial charge is 0.342 e. The highest BCUT2D eigenvalue weighted by molar-refractivity contribution is 7.15. The van der Waals surface area contributed by atoms with Gasteiger partial charge in [-0.2, -0.15) is 0 Å². The van der Waals surface area contributed by atoms with Gasteiger partial charge < -0.3 is 10.2 Å². The summed E-state index contributed by atoms with van der Waals surface area (Å²) in [6.07, 6.45) is 7.79. The van der Waals surface area contributed by atoms with E-state index in [0.29, 0.717) is 22.9 Å². The van der Waals surface area contributed by atoms with E-state index in [4.69, 9.17) is 0 Å². The molecule has 1 saturated carbocycles. The average molecular weight is 379 g/mol. The molecule has 1 N–H and O–H groups in total. The van der Waals surface area contributed by atoms with Crippen LogP contribution in [0.1, 0.15) is 76.1 Å². The van der Waals surface area contributed by atoms with Gasteiger partial charge in [-0.1, -0.05) is 44.4 Å². The fourth-order valence-corrected chi connectivity index (χ4v) is 5.16. The van der Waals surface area contributed by atoms with Gasteiger partial charge in [0.25, 0.3) is 0 Å². The predicted octanol–water partition coefficient (Wildman–Crippen LogP) is 3.81. The van der Waals surface area contributed by atoms with Gasteiger partial charge in [-0.3, -0.25) is 9.59 Å². The summed E-state index contributed by atoms with van der Waals surface area (Å²) in [7, 11) is 0. The number of amides is 2. The number of anilines is 1. The zero-order valence-electron chi connectivity index (χ0n) is 15.9. The van der Waals surface area contributed by atoms with E-state index in [9.17, 15) is 9.59 Å². The third-order valence-corrected chi connectivity index (χ3v) is 6.43. The standard InChI is InChI=1S/C19H30N4O2S/c1-13-10-14(2)12-23(11-13)17(25)9-8-16(24)20-19-22-21-18(26-19)15-6-4-3-5-7-15/h13-15H,3-12H2,1-2H3,(H,20,22,24). The van der Waals surface area contributed by atoms with Crippen LogP contribution in [0.4, 0.5) is 5.13 Å². The molecule has 1 aromatic rings. The van der Waals surface area contributed by atoms with Crippen molar-refractivity contribution < 1.29 is 9.59 Å². The van der Waals surface area contributed by atoms with E-state index >= 15 is 0 Å². The van der Waals surface area contributed by atoms with Crippen LogP contribution in [0.15, 0.2) is 0 Å². The Bertz CT molecular complexity index is 617. The summed E-state index contributed by atoms with van der Waals surface area (Å²) in [5, 5.41) is 12.8. The van der Waals surface area contributed by atoms with Gasteiger partial charge >= 0.3 is 0 Å². The number of nitrogens with zero attached hydrogens (tertiary/aromatic N) is 3. The first-order valence-corrected chi connectivity index (χ1v) is 10.7. The summed E-state index contributed by atoms with van der Waals surface area (Å²) in [6.45, 7) is 5.99. The molecule has 1 aliphatic heterocycles. The maximum absolute atomic E-state index is 12.4. The van der Waals surface area contributed by atoms with Crippen LogP contribution in [0, 0.1) is 11.8 Å². The van der Waals surface area contributed by atoms with Gasteiger partial charge in [0, 0.05) is 31.8 Å². The molecule has 2 aliphatic rings. The number of carbonyl (C=O) groups is 2. The summed E-state index contributed by atoms with van der Waals surface area (Å²) in [6, 6.07) is 0. The SMILES string of the molecule is CC1CC(C)CN(C(=O)CCC(=O)Nc2nnc(C3CCCCC3)s2)C1. The Balaban J connectivity index is 1.44. The van der Waals surface area contributed by atoms with Gasteiger partial charge in [-0.05, 0) is 31.1 Å². The van der Waals surface area contributed by atoms with Gasteiger partial charge in [0.1, 0.15) is 5.01 Å². The van der Waals surface area contributed by atoms with Crippen molar-refractivity contribution in [2.45, 2.75) is 71.1 Å². The van der Waals surface area contributed by atoms with Crippen LogP contribution >= 0.6 is 11.3 Å². The van der Waals surface area contributed by atoms with Crippen LogP contribution in [0.3, 0.4) is 0 Å². The molecule has 0 spiro atoms. The van der Waals surface area contributed by atoms with Crippen LogP contribution in [0.2, 0.25) is 0 Å². The van der Waals surface area contributed by atoms with Crippen molar-refractivity contribution in [2.24, 2.45) is 11.8 Å². The minimum atomic E-state index is -0.150. The van der Waals surface area contributed by atoms with E-state index < -0.39 is 0 Å². The Morgan fingerprint density at radius 3 is 2.46 bits per heavy atom. The summed E-state index contributed by atoms with van der Waals surface area (Å²) in [4.78, 5) is 26.5. The molecule has 26 heavy (non-hydrogen) atoms. The lowest BCUT2D eigenvalue weighted by Crippen LogP contribution is -2.42. The summed E-state index contributed by atoms with van der Waals surface area (Å²) in [5.74, 6) is 1.50. The Morgan fingerprint density at radius 2 is 1.77 bits per heavy atom. The molecule has 144 valence electrons. The zero-order valence-corrected chi connectivity index (χ0v) is 16.7. The smallest absolute Gasteiger partial charge is 0.226 e. The third kappa shape index (κ3) is 5.25. The number of carbonyl (C=O) groups excluding carboxylic acids is 2. The van der Waals surface area contributed by atoms with Crippen molar-refractivity contribution in [1.82, 2.24) is 15.1 Å². The molecule has 0 bridgehead atoms. The highest BCUT2D eigenvalue weighted by Gasteiger charge is 2.25. The van der Waals surface area contributed by atoms with Crippen molar-refractivity contribution in [3.8, 4) is 0 Å². The van der Waals surface area contributed by atoms with E-state index in [1.54, 1.807) is 0 Å². The summed E-state index contributed by atoms with van der Waals surface area (Å²) in [5.41, 5.74) is 0. The Hall–Kier alpha value is -1.50. The molecule has 1 aromatic heterocycles. The second kappa shape index (κ2) is 8.93. The molecular formula is C19H30N4O2S. The maximum Gasteiger partial charge on any atom is 0.226 e. The van der Waals surface area contributed by atoms with Crippen LogP contribution in [0.5, 0.6) is 0 Å². The number of rotatable bonds is 5. The molecule has 2 atom stereocenters. The van der Waals surface area contributed by atoms with E-state index in [2.05, 4.69) is 29.4 Å². The second-order valence-corrected chi connectivity index (χ2v) is 9.08. The highest BCUT2D eigenvalue weighted by Crippen LogP contribution is 2.35. The minimum absolute atomic E-state index is 0.0821. The first kappa shape index (κ1) is 19.3. The van der Waals surface area contributed by atoms with E-state index in [-0.39, 0.29) is 24.7 Å². The first-order chi connectivity index (χ1) is 12.5. The number of piperidine rings is 1. The molecule has 6 nitrogen and oxygen atoms in total. The molecule has 0 aromatic carbocycles. The lowest BCUT2D eigenvalue weighted by Gasteiger charge is -2.35. The van der Waals surface area contributed by atoms with Crippen molar-refractivity contribution >= 4 is 28.3 Å². The summed E-state index contributed by atoms with van der Waals surface area (Å²) >= 11 is 1.48. The van der Waals surface area contributed by atoms with E-state index in [1.165, 1.54) is 49.9 Å². The van der Waals surface area contributed by atoms with Crippen LogP contribution in [-0.4, -0.2) is 40.0 Å². The van der Waals surface area contributed by atoms with Crippen LogP contribution < -0.4 is 5.32 Å². The number of aromatic nitrogens is 2. The van der Waals surface area contributed by atoms with Crippen molar-refractivity contribution in [2.75, 3.05) is 18.4 Å². The number of hydrogen-bond acceptors (Lipinski definition) is 5. The predicted molar refractivity (Wildman–Crippen MR) is 103 cm³/mol. The average Bonchev–Trinajstić information content (AvgIpc) is 3.08. The normalized spacial score (nSPS) is 24.5.